The number of carbonyl (C=O) groups is 2. The molecule has 0 radical (unpaired) electrons. The van der Waals surface area contributed by atoms with E-state index < -0.39 is 0 Å². The van der Waals surface area contributed by atoms with Crippen LogP contribution >= 0.6 is 11.8 Å². The predicted octanol–water partition coefficient (Wildman–Crippen LogP) is 2.03. The van der Waals surface area contributed by atoms with Crippen LogP contribution in [0.1, 0.15) is 13.8 Å². The third kappa shape index (κ3) is 5.22. The van der Waals surface area contributed by atoms with Crippen LogP contribution in [0.2, 0.25) is 0 Å². The van der Waals surface area contributed by atoms with Gasteiger partial charge in [-0.15, -0.1) is 11.8 Å². The third-order valence-electron chi connectivity index (χ3n) is 4.20. The van der Waals surface area contributed by atoms with E-state index in [0.717, 1.165) is 0 Å². The van der Waals surface area contributed by atoms with Crippen molar-refractivity contribution < 1.29 is 14.0 Å². The molecule has 7 heteroatoms. The first kappa shape index (κ1) is 19.3. The number of halogens is 1. The highest BCUT2D eigenvalue weighted by molar-refractivity contribution is 8.00. The smallest absolute Gasteiger partial charge is 0.232 e. The van der Waals surface area contributed by atoms with Gasteiger partial charge in [-0.3, -0.25) is 9.59 Å². The van der Waals surface area contributed by atoms with E-state index in [-0.39, 0.29) is 17.5 Å². The molecule has 2 rings (SSSR count). The number of hydrogen-bond donors (Lipinski definition) is 1. The maximum Gasteiger partial charge on any atom is 0.232 e. The number of allylic oxidation sites excluding steroid dienone is 1. The van der Waals surface area contributed by atoms with E-state index >= 15 is 0 Å². The van der Waals surface area contributed by atoms with Crippen LogP contribution < -0.4 is 10.6 Å². The topological polar surface area (TPSA) is 66.6 Å². The average Bonchev–Trinajstić information content (AvgIpc) is 2.58. The number of para-hydroxylation sites is 1. The van der Waals surface area contributed by atoms with Gasteiger partial charge in [0.2, 0.25) is 5.91 Å². The van der Waals surface area contributed by atoms with Gasteiger partial charge in [0.25, 0.3) is 0 Å². The molecule has 136 valence electrons. The fraction of sp³-hybridized carbons (Fsp3) is 0.444. The second-order valence-electron chi connectivity index (χ2n) is 6.03. The Morgan fingerprint density at radius 1 is 1.12 bits per heavy atom. The Hall–Kier alpha value is -2.02. The molecule has 0 saturated carbocycles. The number of nitrogens with zero attached hydrogens (tertiary/aromatic N) is 2. The molecule has 0 spiro atoms. The van der Waals surface area contributed by atoms with Crippen LogP contribution in [0.15, 0.2) is 35.5 Å². The molecule has 0 aliphatic carbocycles. The van der Waals surface area contributed by atoms with E-state index in [0.29, 0.717) is 54.6 Å². The zero-order chi connectivity index (χ0) is 18.4. The Morgan fingerprint density at radius 2 is 1.76 bits per heavy atom. The lowest BCUT2D eigenvalue weighted by Gasteiger charge is -2.36. The van der Waals surface area contributed by atoms with Crippen molar-refractivity contribution in [2.45, 2.75) is 13.8 Å². The van der Waals surface area contributed by atoms with Gasteiger partial charge in [0.15, 0.2) is 5.78 Å². The van der Waals surface area contributed by atoms with Gasteiger partial charge in [-0.2, -0.15) is 0 Å². The average molecular weight is 365 g/mol. The van der Waals surface area contributed by atoms with Crippen LogP contribution in [0.5, 0.6) is 0 Å². The summed E-state index contributed by atoms with van der Waals surface area (Å²) >= 11 is 1.40. The van der Waals surface area contributed by atoms with Gasteiger partial charge < -0.3 is 15.5 Å². The summed E-state index contributed by atoms with van der Waals surface area (Å²) in [5.41, 5.74) is 7.35. The summed E-state index contributed by atoms with van der Waals surface area (Å²) in [6.07, 6.45) is 0. The van der Waals surface area contributed by atoms with Crippen LogP contribution in [0, 0.1) is 5.82 Å². The molecule has 1 aromatic carbocycles. The van der Waals surface area contributed by atoms with Crippen molar-refractivity contribution in [1.29, 1.82) is 0 Å². The highest BCUT2D eigenvalue weighted by Crippen LogP contribution is 2.20. The molecule has 1 aliphatic heterocycles. The molecule has 25 heavy (non-hydrogen) atoms. The molecule has 1 amide bonds. The number of piperazine rings is 1. The summed E-state index contributed by atoms with van der Waals surface area (Å²) in [6, 6.07) is 6.69. The van der Waals surface area contributed by atoms with Crippen LogP contribution in [-0.2, 0) is 9.59 Å². The largest absolute Gasteiger partial charge is 0.402 e. The molecule has 1 heterocycles. The molecule has 1 aromatic rings. The molecular weight excluding hydrogens is 341 g/mol. The first-order chi connectivity index (χ1) is 11.9. The zero-order valence-electron chi connectivity index (χ0n) is 14.6. The lowest BCUT2D eigenvalue weighted by Crippen LogP contribution is -2.49. The van der Waals surface area contributed by atoms with Gasteiger partial charge >= 0.3 is 0 Å². The first-order valence-electron chi connectivity index (χ1n) is 8.21. The highest BCUT2D eigenvalue weighted by atomic mass is 32.2. The highest BCUT2D eigenvalue weighted by Gasteiger charge is 2.22. The van der Waals surface area contributed by atoms with Gasteiger partial charge in [0, 0.05) is 43.2 Å². The summed E-state index contributed by atoms with van der Waals surface area (Å²) in [5.74, 6) is 0.496. The van der Waals surface area contributed by atoms with Crippen molar-refractivity contribution in [1.82, 2.24) is 4.90 Å². The molecular formula is C18H24FN3O2S. The fourth-order valence-corrected chi connectivity index (χ4v) is 3.82. The molecule has 5 nitrogen and oxygen atoms in total. The van der Waals surface area contributed by atoms with Gasteiger partial charge in [-0.05, 0) is 26.0 Å². The van der Waals surface area contributed by atoms with E-state index in [1.807, 2.05) is 11.0 Å². The minimum Gasteiger partial charge on any atom is -0.402 e. The summed E-state index contributed by atoms with van der Waals surface area (Å²) in [7, 11) is 0. The number of nitrogens with two attached hydrogens (primary N) is 1. The van der Waals surface area contributed by atoms with Gasteiger partial charge in [-0.25, -0.2) is 4.39 Å². The monoisotopic (exact) mass is 365 g/mol. The summed E-state index contributed by atoms with van der Waals surface area (Å²) < 4.78 is 13.8. The van der Waals surface area contributed by atoms with E-state index in [1.54, 1.807) is 24.0 Å². The molecule has 0 atom stereocenters. The second-order valence-corrected chi connectivity index (χ2v) is 7.02. The Balaban J connectivity index is 1.81. The lowest BCUT2D eigenvalue weighted by atomic mass is 10.2. The van der Waals surface area contributed by atoms with Crippen LogP contribution in [0.4, 0.5) is 10.1 Å². The van der Waals surface area contributed by atoms with Crippen molar-refractivity contribution >= 4 is 29.1 Å². The second kappa shape index (κ2) is 8.89. The fourth-order valence-electron chi connectivity index (χ4n) is 2.73. The number of hydrogen-bond acceptors (Lipinski definition) is 5. The molecule has 0 unspecified atom stereocenters. The minimum absolute atomic E-state index is 0.0377. The quantitative estimate of drug-likeness (QED) is 0.782. The van der Waals surface area contributed by atoms with Gasteiger partial charge in [0.05, 0.1) is 11.4 Å². The van der Waals surface area contributed by atoms with Crippen molar-refractivity contribution in [2.24, 2.45) is 5.73 Å². The SMILES string of the molecule is CC(=O)C(CSCC(=O)N1CCN(c2ccccc2F)CC1)=C(C)N. The predicted molar refractivity (Wildman–Crippen MR) is 100 cm³/mol. The van der Waals surface area contributed by atoms with E-state index in [2.05, 4.69) is 0 Å². The first-order valence-corrected chi connectivity index (χ1v) is 9.36. The lowest BCUT2D eigenvalue weighted by molar-refractivity contribution is -0.128. The number of anilines is 1. The molecule has 1 saturated heterocycles. The summed E-state index contributed by atoms with van der Waals surface area (Å²) in [4.78, 5) is 27.5. The number of thioether (sulfide) groups is 1. The standard InChI is InChI=1S/C18H24FN3O2S/c1-13(20)15(14(2)23)11-25-12-18(24)22-9-7-21(8-10-22)17-6-4-3-5-16(17)19/h3-6H,7-12,20H2,1-2H3. The molecule has 1 aliphatic rings. The maximum absolute atomic E-state index is 13.8. The van der Waals surface area contributed by atoms with Crippen LogP contribution in [0.3, 0.4) is 0 Å². The number of rotatable bonds is 6. The van der Waals surface area contributed by atoms with E-state index in [9.17, 15) is 14.0 Å². The summed E-state index contributed by atoms with van der Waals surface area (Å²) in [5, 5.41) is 0. The third-order valence-corrected chi connectivity index (χ3v) is 5.14. The molecule has 2 N–H and O–H groups in total. The minimum atomic E-state index is -0.237. The maximum atomic E-state index is 13.8. The molecule has 1 fully saturated rings. The van der Waals surface area contributed by atoms with E-state index in [4.69, 9.17) is 5.73 Å². The Morgan fingerprint density at radius 3 is 2.32 bits per heavy atom. The van der Waals surface area contributed by atoms with Gasteiger partial charge in [-0.1, -0.05) is 12.1 Å². The summed E-state index contributed by atoms with van der Waals surface area (Å²) in [6.45, 7) is 5.53. The van der Waals surface area contributed by atoms with E-state index in [1.165, 1.54) is 24.8 Å². The number of Topliss-reactive ketones (excluding diaryl/α,β-unsaturated/α-hetero) is 1. The number of carbonyl (C=O) groups excluding carboxylic acids is 2. The van der Waals surface area contributed by atoms with Crippen molar-refractivity contribution in [3.05, 3.63) is 41.4 Å². The van der Waals surface area contributed by atoms with Crippen molar-refractivity contribution in [2.75, 3.05) is 42.6 Å². The zero-order valence-corrected chi connectivity index (χ0v) is 15.4. The van der Waals surface area contributed by atoms with Crippen molar-refractivity contribution in [3.8, 4) is 0 Å². The molecule has 0 aromatic heterocycles. The Bertz CT molecular complexity index is 666. The number of benzene rings is 1. The number of ketones is 1. The van der Waals surface area contributed by atoms with Crippen molar-refractivity contribution in [3.63, 3.8) is 0 Å². The van der Waals surface area contributed by atoms with Crippen LogP contribution in [0.25, 0.3) is 0 Å². The van der Waals surface area contributed by atoms with Gasteiger partial charge in [0.1, 0.15) is 5.82 Å². The Labute approximate surface area is 152 Å². The normalized spacial score (nSPS) is 15.8. The molecule has 0 bridgehead atoms. The van der Waals surface area contributed by atoms with Crippen LogP contribution in [-0.4, -0.2) is 54.3 Å². The number of amides is 1. The Kier molecular flexibility index (Phi) is 6.87.